The van der Waals surface area contributed by atoms with Crippen LogP contribution in [0.4, 0.5) is 14.6 Å². The van der Waals surface area contributed by atoms with Gasteiger partial charge in [0.05, 0.1) is 6.54 Å². The van der Waals surface area contributed by atoms with Crippen LogP contribution in [0.1, 0.15) is 0 Å². The molecule has 2 aromatic rings. The summed E-state index contributed by atoms with van der Waals surface area (Å²) in [7, 11) is 0. The first kappa shape index (κ1) is 11.6. The van der Waals surface area contributed by atoms with E-state index in [1.807, 2.05) is 0 Å². The maximum Gasteiger partial charge on any atom is 0.287 e. The topological polar surface area (TPSA) is 70.9 Å². The van der Waals surface area contributed by atoms with E-state index in [0.29, 0.717) is 11.2 Å². The fourth-order valence-corrected chi connectivity index (χ4v) is 1.23. The lowest BCUT2D eigenvalue weighted by atomic mass is 10.3. The van der Waals surface area contributed by atoms with Crippen molar-refractivity contribution < 1.29 is 13.9 Å². The number of hydrogen-bond donors (Lipinski definition) is 2. The molecule has 0 radical (unpaired) electrons. The molecule has 0 aliphatic heterocycles. The molecule has 0 saturated carbocycles. The van der Waals surface area contributed by atoms with Gasteiger partial charge in [-0.2, -0.15) is 0 Å². The molecule has 7 heteroatoms. The van der Waals surface area contributed by atoms with Gasteiger partial charge in [0.15, 0.2) is 5.65 Å². The molecule has 0 bridgehead atoms. The number of alkyl halides is 2. The molecular formula is C10H10F2N4O. The van der Waals surface area contributed by atoms with Gasteiger partial charge in [-0.15, -0.1) is 0 Å². The molecule has 0 aliphatic carbocycles. The van der Waals surface area contributed by atoms with Crippen LogP contribution in [-0.4, -0.2) is 39.1 Å². The zero-order chi connectivity index (χ0) is 12.3. The van der Waals surface area contributed by atoms with E-state index in [0.717, 1.165) is 0 Å². The summed E-state index contributed by atoms with van der Waals surface area (Å²) in [5, 5.41) is 10.9. The van der Waals surface area contributed by atoms with Gasteiger partial charge in [0.1, 0.15) is 17.9 Å². The molecule has 0 unspecified atom stereocenters. The summed E-state index contributed by atoms with van der Waals surface area (Å²) in [5.41, 5.74) is 0.969. The monoisotopic (exact) mass is 240 g/mol. The number of halogens is 2. The SMILES string of the molecule is OCC(F)(F)CNc1ccc2nccnc2n1. The molecule has 0 spiro atoms. The molecule has 90 valence electrons. The fraction of sp³-hybridized carbons (Fsp3) is 0.300. The van der Waals surface area contributed by atoms with Crippen molar-refractivity contribution in [2.45, 2.75) is 5.92 Å². The van der Waals surface area contributed by atoms with Crippen molar-refractivity contribution in [3.8, 4) is 0 Å². The van der Waals surface area contributed by atoms with Crippen molar-refractivity contribution in [2.75, 3.05) is 18.5 Å². The molecule has 0 saturated heterocycles. The minimum Gasteiger partial charge on any atom is -0.390 e. The third kappa shape index (κ3) is 2.82. The number of aromatic nitrogens is 3. The maximum atomic E-state index is 12.8. The van der Waals surface area contributed by atoms with Crippen LogP contribution in [0.15, 0.2) is 24.5 Å². The Morgan fingerprint density at radius 3 is 2.76 bits per heavy atom. The van der Waals surface area contributed by atoms with Gasteiger partial charge in [0.2, 0.25) is 0 Å². The third-order valence-corrected chi connectivity index (χ3v) is 2.09. The summed E-state index contributed by atoms with van der Waals surface area (Å²) in [6, 6.07) is 3.17. The lowest BCUT2D eigenvalue weighted by molar-refractivity contribution is -0.0373. The summed E-state index contributed by atoms with van der Waals surface area (Å²) in [5.74, 6) is -2.90. The van der Waals surface area contributed by atoms with Crippen LogP contribution in [0.3, 0.4) is 0 Å². The lowest BCUT2D eigenvalue weighted by Gasteiger charge is -2.14. The summed E-state index contributed by atoms with van der Waals surface area (Å²) in [6.45, 7) is -1.88. The summed E-state index contributed by atoms with van der Waals surface area (Å²) in [6.07, 6.45) is 3.00. The minimum absolute atomic E-state index is 0.270. The molecule has 2 N–H and O–H groups in total. The molecule has 17 heavy (non-hydrogen) atoms. The molecule has 0 amide bonds. The number of nitrogens with one attached hydrogen (secondary N) is 1. The molecule has 0 fully saturated rings. The van der Waals surface area contributed by atoms with E-state index in [4.69, 9.17) is 5.11 Å². The maximum absolute atomic E-state index is 12.8. The average Bonchev–Trinajstić information content (AvgIpc) is 2.36. The number of pyridine rings is 1. The van der Waals surface area contributed by atoms with Gasteiger partial charge >= 0.3 is 0 Å². The predicted octanol–water partition coefficient (Wildman–Crippen LogP) is 1.06. The van der Waals surface area contributed by atoms with E-state index in [9.17, 15) is 8.78 Å². The van der Waals surface area contributed by atoms with Crippen molar-refractivity contribution in [3.05, 3.63) is 24.5 Å². The average molecular weight is 240 g/mol. The zero-order valence-corrected chi connectivity index (χ0v) is 8.77. The van der Waals surface area contributed by atoms with Crippen LogP contribution < -0.4 is 5.32 Å². The summed E-state index contributed by atoms with van der Waals surface area (Å²) in [4.78, 5) is 12.0. The Morgan fingerprint density at radius 1 is 1.24 bits per heavy atom. The highest BCUT2D eigenvalue weighted by Crippen LogP contribution is 2.15. The number of anilines is 1. The third-order valence-electron chi connectivity index (χ3n) is 2.09. The Labute approximate surface area is 95.5 Å². The first-order chi connectivity index (χ1) is 8.11. The van der Waals surface area contributed by atoms with Crippen LogP contribution in [0.5, 0.6) is 0 Å². The van der Waals surface area contributed by atoms with Crippen LogP contribution in [0.2, 0.25) is 0 Å². The van der Waals surface area contributed by atoms with E-state index >= 15 is 0 Å². The number of aliphatic hydroxyl groups is 1. The lowest BCUT2D eigenvalue weighted by Crippen LogP contribution is -2.31. The molecule has 2 heterocycles. The highest BCUT2D eigenvalue weighted by atomic mass is 19.3. The zero-order valence-electron chi connectivity index (χ0n) is 8.77. The Morgan fingerprint density at radius 2 is 2.00 bits per heavy atom. The highest BCUT2D eigenvalue weighted by Gasteiger charge is 2.27. The Bertz CT molecular complexity index is 520. The first-order valence-corrected chi connectivity index (χ1v) is 4.91. The molecule has 2 rings (SSSR count). The van der Waals surface area contributed by atoms with Crippen LogP contribution >= 0.6 is 0 Å². The predicted molar refractivity (Wildman–Crippen MR) is 57.9 cm³/mol. The van der Waals surface area contributed by atoms with Gasteiger partial charge in [0, 0.05) is 12.4 Å². The highest BCUT2D eigenvalue weighted by molar-refractivity contribution is 5.71. The summed E-state index contributed by atoms with van der Waals surface area (Å²) >= 11 is 0. The van der Waals surface area contributed by atoms with Crippen molar-refractivity contribution in [3.63, 3.8) is 0 Å². The fourth-order valence-electron chi connectivity index (χ4n) is 1.23. The first-order valence-electron chi connectivity index (χ1n) is 4.91. The van der Waals surface area contributed by atoms with Crippen LogP contribution in [0.25, 0.3) is 11.2 Å². The van der Waals surface area contributed by atoms with Gasteiger partial charge < -0.3 is 10.4 Å². The number of nitrogens with zero attached hydrogens (tertiary/aromatic N) is 3. The second kappa shape index (κ2) is 4.54. The second-order valence-electron chi connectivity index (χ2n) is 3.46. The molecule has 5 nitrogen and oxygen atoms in total. The van der Waals surface area contributed by atoms with Crippen LogP contribution in [0, 0.1) is 0 Å². The van der Waals surface area contributed by atoms with Crippen molar-refractivity contribution in [1.29, 1.82) is 0 Å². The molecule has 2 aromatic heterocycles. The Kier molecular flexibility index (Phi) is 3.10. The summed E-state index contributed by atoms with van der Waals surface area (Å²) < 4.78 is 25.6. The Hall–Kier alpha value is -1.89. The molecule has 0 aromatic carbocycles. The van der Waals surface area contributed by atoms with E-state index in [1.165, 1.54) is 18.5 Å². The van der Waals surface area contributed by atoms with Gasteiger partial charge in [0.25, 0.3) is 5.92 Å². The smallest absolute Gasteiger partial charge is 0.287 e. The Balaban J connectivity index is 2.14. The molecular weight excluding hydrogens is 230 g/mol. The van der Waals surface area contributed by atoms with E-state index in [2.05, 4.69) is 20.3 Å². The van der Waals surface area contributed by atoms with Crippen molar-refractivity contribution in [1.82, 2.24) is 15.0 Å². The largest absolute Gasteiger partial charge is 0.390 e. The van der Waals surface area contributed by atoms with E-state index < -0.39 is 19.1 Å². The second-order valence-corrected chi connectivity index (χ2v) is 3.46. The van der Waals surface area contributed by atoms with Gasteiger partial charge in [-0.05, 0) is 12.1 Å². The molecule has 0 atom stereocenters. The van der Waals surface area contributed by atoms with E-state index in [1.54, 1.807) is 6.07 Å². The number of fused-ring (bicyclic) bond motifs is 1. The van der Waals surface area contributed by atoms with Crippen LogP contribution in [-0.2, 0) is 0 Å². The minimum atomic E-state index is -3.17. The number of rotatable bonds is 4. The number of aliphatic hydroxyl groups excluding tert-OH is 1. The van der Waals surface area contributed by atoms with Gasteiger partial charge in [-0.25, -0.2) is 18.7 Å². The number of hydrogen-bond acceptors (Lipinski definition) is 5. The quantitative estimate of drug-likeness (QED) is 0.836. The normalized spacial score (nSPS) is 11.7. The van der Waals surface area contributed by atoms with Gasteiger partial charge in [-0.3, -0.25) is 4.98 Å². The van der Waals surface area contributed by atoms with Crippen molar-refractivity contribution >= 4 is 17.0 Å². The van der Waals surface area contributed by atoms with Gasteiger partial charge in [-0.1, -0.05) is 0 Å². The molecule has 0 aliphatic rings. The van der Waals surface area contributed by atoms with E-state index in [-0.39, 0.29) is 5.82 Å². The van der Waals surface area contributed by atoms with Crippen molar-refractivity contribution in [2.24, 2.45) is 0 Å². The standard InChI is InChI=1S/C10H10F2N4O/c11-10(12,6-17)5-15-8-2-1-7-9(16-8)14-4-3-13-7/h1-4,17H,5-6H2,(H,14,15,16).